The molecule has 0 N–H and O–H groups in total. The number of nitriles is 1. The van der Waals surface area contributed by atoms with Gasteiger partial charge in [-0.25, -0.2) is 4.79 Å². The van der Waals surface area contributed by atoms with Gasteiger partial charge in [0, 0.05) is 19.0 Å². The van der Waals surface area contributed by atoms with Crippen LogP contribution in [0.4, 0.5) is 4.79 Å². The Hall–Kier alpha value is -2.17. The number of amides is 3. The number of nitrogens with zero attached hydrogens (tertiary/aromatic N) is 4. The number of rotatable bonds is 1. The first-order valence-corrected chi connectivity index (χ1v) is 4.47. The van der Waals surface area contributed by atoms with Crippen molar-refractivity contribution in [3.8, 4) is 6.07 Å². The summed E-state index contributed by atoms with van der Waals surface area (Å²) in [5, 5.41) is 19.9. The number of fused-ring (bicyclic) bond motifs is 1. The number of nitro groups is 1. The van der Waals surface area contributed by atoms with Gasteiger partial charge in [0.2, 0.25) is 5.54 Å². The molecular formula is C8H8N4O4. The fourth-order valence-electron chi connectivity index (χ4n) is 2.23. The average molecular weight is 224 g/mol. The number of carbonyl (C=O) groups is 2. The van der Waals surface area contributed by atoms with Crippen molar-refractivity contribution in [2.75, 3.05) is 14.1 Å². The van der Waals surface area contributed by atoms with Crippen LogP contribution in [-0.2, 0) is 4.79 Å². The Balaban J connectivity index is 2.59. The van der Waals surface area contributed by atoms with Crippen LogP contribution in [0, 0.1) is 21.4 Å². The Morgan fingerprint density at radius 3 is 2.50 bits per heavy atom. The summed E-state index contributed by atoms with van der Waals surface area (Å²) < 4.78 is 0. The van der Waals surface area contributed by atoms with E-state index < -0.39 is 27.9 Å². The van der Waals surface area contributed by atoms with Crippen LogP contribution in [0.3, 0.4) is 0 Å². The lowest BCUT2D eigenvalue weighted by Crippen LogP contribution is -2.63. The van der Waals surface area contributed by atoms with E-state index >= 15 is 0 Å². The van der Waals surface area contributed by atoms with Crippen LogP contribution < -0.4 is 0 Å². The van der Waals surface area contributed by atoms with E-state index in [9.17, 15) is 19.7 Å². The maximum absolute atomic E-state index is 11.7. The summed E-state index contributed by atoms with van der Waals surface area (Å²) in [5.41, 5.74) is -3.59. The fraction of sp³-hybridized carbons (Fsp3) is 0.625. The molecule has 3 amide bonds. The van der Waals surface area contributed by atoms with E-state index in [1.54, 1.807) is 6.07 Å². The molecule has 84 valence electrons. The summed E-state index contributed by atoms with van der Waals surface area (Å²) in [6.07, 6.45) is -0.241. The zero-order valence-corrected chi connectivity index (χ0v) is 8.63. The molecule has 2 aliphatic rings. The van der Waals surface area contributed by atoms with Crippen LogP contribution in [0.25, 0.3) is 0 Å². The molecular weight excluding hydrogens is 216 g/mol. The first-order valence-electron chi connectivity index (χ1n) is 4.47. The number of carbonyl (C=O) groups excluding carboxylic acids is 2. The monoisotopic (exact) mass is 224 g/mol. The van der Waals surface area contributed by atoms with Crippen LogP contribution in [0.2, 0.25) is 0 Å². The lowest BCUT2D eigenvalue weighted by atomic mass is 10.1. The van der Waals surface area contributed by atoms with E-state index in [1.807, 2.05) is 0 Å². The number of hydrogen-bond donors (Lipinski definition) is 0. The lowest BCUT2D eigenvalue weighted by molar-refractivity contribution is -0.529. The highest BCUT2D eigenvalue weighted by molar-refractivity contribution is 6.06. The van der Waals surface area contributed by atoms with Gasteiger partial charge >= 0.3 is 17.5 Å². The minimum Gasteiger partial charge on any atom is -0.302 e. The van der Waals surface area contributed by atoms with Crippen molar-refractivity contribution in [1.82, 2.24) is 9.80 Å². The molecule has 1 saturated heterocycles. The number of imide groups is 1. The molecule has 2 rings (SSSR count). The smallest absolute Gasteiger partial charge is 0.302 e. The van der Waals surface area contributed by atoms with Gasteiger partial charge in [-0.05, 0) is 0 Å². The SMILES string of the molecule is CN1C(=O)N(C)C2(C#N)CC2([N+](=O)[O-])C1=O. The van der Waals surface area contributed by atoms with E-state index in [2.05, 4.69) is 0 Å². The summed E-state index contributed by atoms with van der Waals surface area (Å²) in [4.78, 5) is 35.1. The molecule has 2 unspecified atom stereocenters. The predicted octanol–water partition coefficient (Wildman–Crippen LogP) is -0.808. The fourth-order valence-corrected chi connectivity index (χ4v) is 2.23. The third kappa shape index (κ3) is 0.722. The van der Waals surface area contributed by atoms with Crippen molar-refractivity contribution >= 4 is 11.9 Å². The number of likely N-dealkylation sites (N-methyl/N-ethyl adjacent to an activating group) is 2. The largest absolute Gasteiger partial charge is 0.339 e. The molecule has 0 aromatic carbocycles. The van der Waals surface area contributed by atoms with Crippen molar-refractivity contribution in [3.63, 3.8) is 0 Å². The van der Waals surface area contributed by atoms with Gasteiger partial charge in [-0.15, -0.1) is 0 Å². The molecule has 0 aromatic heterocycles. The van der Waals surface area contributed by atoms with Gasteiger partial charge in [0.15, 0.2) is 0 Å². The van der Waals surface area contributed by atoms with Gasteiger partial charge in [0.05, 0.1) is 12.5 Å². The van der Waals surface area contributed by atoms with Crippen LogP contribution >= 0.6 is 0 Å². The first-order chi connectivity index (χ1) is 7.35. The maximum Gasteiger partial charge on any atom is 0.339 e. The Morgan fingerprint density at radius 1 is 1.50 bits per heavy atom. The highest BCUT2D eigenvalue weighted by Gasteiger charge is 2.90. The van der Waals surface area contributed by atoms with E-state index in [0.29, 0.717) is 4.90 Å². The molecule has 16 heavy (non-hydrogen) atoms. The van der Waals surface area contributed by atoms with Gasteiger partial charge in [-0.1, -0.05) is 0 Å². The molecule has 0 bridgehead atoms. The molecule has 0 spiro atoms. The summed E-state index contributed by atoms with van der Waals surface area (Å²) >= 11 is 0. The van der Waals surface area contributed by atoms with Crippen molar-refractivity contribution in [3.05, 3.63) is 10.1 Å². The van der Waals surface area contributed by atoms with Crippen molar-refractivity contribution in [1.29, 1.82) is 5.26 Å². The highest BCUT2D eigenvalue weighted by Crippen LogP contribution is 2.57. The average Bonchev–Trinajstić information content (AvgIpc) is 2.96. The zero-order chi connectivity index (χ0) is 12.3. The quantitative estimate of drug-likeness (QED) is 0.427. The van der Waals surface area contributed by atoms with Crippen LogP contribution in [0.15, 0.2) is 0 Å². The molecule has 1 saturated carbocycles. The second-order valence-electron chi connectivity index (χ2n) is 3.97. The molecule has 2 fully saturated rings. The van der Waals surface area contributed by atoms with Gasteiger partial charge in [-0.2, -0.15) is 5.26 Å². The molecule has 8 heteroatoms. The van der Waals surface area contributed by atoms with Crippen LogP contribution in [-0.4, -0.2) is 51.8 Å². The van der Waals surface area contributed by atoms with Crippen LogP contribution in [0.5, 0.6) is 0 Å². The molecule has 1 aliphatic heterocycles. The zero-order valence-electron chi connectivity index (χ0n) is 8.63. The molecule has 1 aliphatic carbocycles. The van der Waals surface area contributed by atoms with E-state index in [0.717, 1.165) is 4.90 Å². The Labute approximate surface area is 90.2 Å². The Morgan fingerprint density at radius 2 is 2.06 bits per heavy atom. The molecule has 0 aromatic rings. The first kappa shape index (κ1) is 10.4. The highest BCUT2D eigenvalue weighted by atomic mass is 16.6. The second kappa shape index (κ2) is 2.49. The third-order valence-corrected chi connectivity index (χ3v) is 3.37. The summed E-state index contributed by atoms with van der Waals surface area (Å²) in [6, 6.07) is 1.03. The van der Waals surface area contributed by atoms with E-state index in [4.69, 9.17) is 5.26 Å². The summed E-state index contributed by atoms with van der Waals surface area (Å²) in [5.74, 6) is -0.915. The topological polar surface area (TPSA) is 108 Å². The molecule has 1 heterocycles. The van der Waals surface area contributed by atoms with Crippen molar-refractivity contribution in [2.24, 2.45) is 0 Å². The van der Waals surface area contributed by atoms with Gasteiger partial charge in [0.1, 0.15) is 0 Å². The summed E-state index contributed by atoms with van der Waals surface area (Å²) in [6.45, 7) is 0. The number of urea groups is 1. The summed E-state index contributed by atoms with van der Waals surface area (Å²) in [7, 11) is 2.46. The lowest BCUT2D eigenvalue weighted by Gasteiger charge is -2.33. The van der Waals surface area contributed by atoms with E-state index in [-0.39, 0.29) is 6.42 Å². The maximum atomic E-state index is 11.7. The van der Waals surface area contributed by atoms with Gasteiger partial charge < -0.3 is 4.90 Å². The van der Waals surface area contributed by atoms with Crippen LogP contribution in [0.1, 0.15) is 6.42 Å². The minimum atomic E-state index is -1.97. The van der Waals surface area contributed by atoms with Crippen molar-refractivity contribution < 1.29 is 14.5 Å². The van der Waals surface area contributed by atoms with Gasteiger partial charge in [-0.3, -0.25) is 19.8 Å². The van der Waals surface area contributed by atoms with Gasteiger partial charge in [0.25, 0.3) is 0 Å². The number of hydrogen-bond acceptors (Lipinski definition) is 5. The van der Waals surface area contributed by atoms with Crippen molar-refractivity contribution in [2.45, 2.75) is 17.5 Å². The standard InChI is InChI=1S/C8H8N4O4/c1-10-5(13)8(12(15)16)3-7(8,4-9)11(2)6(10)14/h3H2,1-2H3. The van der Waals surface area contributed by atoms with E-state index in [1.165, 1.54) is 14.1 Å². The molecule has 0 radical (unpaired) electrons. The molecule has 8 nitrogen and oxygen atoms in total. The third-order valence-electron chi connectivity index (χ3n) is 3.37. The molecule has 2 atom stereocenters. The minimum absolute atomic E-state index is 0.241. The predicted molar refractivity (Wildman–Crippen MR) is 48.6 cm³/mol. The Bertz CT molecular complexity index is 469. The normalized spacial score (nSPS) is 36.8. The Kier molecular flexibility index (Phi) is 1.61. The second-order valence-corrected chi connectivity index (χ2v) is 3.97.